The third kappa shape index (κ3) is 11.5. The van der Waals surface area contributed by atoms with Gasteiger partial charge in [-0.1, -0.05) is 43.7 Å². The van der Waals surface area contributed by atoms with E-state index in [0.29, 0.717) is 12.0 Å². The maximum Gasteiger partial charge on any atom is 0.416 e. The number of aliphatic hydroxyl groups excluding tert-OH is 1. The highest BCUT2D eigenvalue weighted by Crippen LogP contribution is 2.30. The fraction of sp³-hybridized carbons (Fsp3) is 0.472. The van der Waals surface area contributed by atoms with Crippen LogP contribution >= 0.6 is 0 Å². The summed E-state index contributed by atoms with van der Waals surface area (Å²) < 4.78 is 70.1. The molecule has 0 spiro atoms. The molecule has 1 saturated heterocycles. The van der Waals surface area contributed by atoms with Crippen molar-refractivity contribution in [2.45, 2.75) is 77.1 Å². The summed E-state index contributed by atoms with van der Waals surface area (Å²) >= 11 is 0. The molecule has 4 rings (SSSR count). The zero-order chi connectivity index (χ0) is 38.0. The second-order valence-corrected chi connectivity index (χ2v) is 12.8. The molecule has 2 aliphatic heterocycles. The van der Waals surface area contributed by atoms with E-state index >= 15 is 0 Å². The molecule has 3 N–H and O–H groups in total. The van der Waals surface area contributed by atoms with Gasteiger partial charge in [-0.2, -0.15) is 13.2 Å². The second-order valence-electron chi connectivity index (χ2n) is 12.8. The van der Waals surface area contributed by atoms with Crippen LogP contribution < -0.4 is 10.6 Å². The molecule has 2 aliphatic rings. The summed E-state index contributed by atoms with van der Waals surface area (Å²) in [5.41, 5.74) is -0.309. The number of carbonyl (C=O) groups excluding carboxylic acids is 4. The van der Waals surface area contributed by atoms with E-state index in [2.05, 4.69) is 15.6 Å². The quantitative estimate of drug-likeness (QED) is 0.270. The van der Waals surface area contributed by atoms with Gasteiger partial charge in [-0.25, -0.2) is 19.0 Å². The maximum atomic E-state index is 14.8. The fourth-order valence-corrected chi connectivity index (χ4v) is 5.83. The largest absolute Gasteiger partial charge is 0.460 e. The smallest absolute Gasteiger partial charge is 0.416 e. The number of nitrogens with zero attached hydrogens (tertiary/aromatic N) is 2. The molecule has 0 saturated carbocycles. The van der Waals surface area contributed by atoms with Crippen molar-refractivity contribution in [3.8, 4) is 0 Å². The van der Waals surface area contributed by atoms with Gasteiger partial charge in [0.15, 0.2) is 11.6 Å². The number of esters is 1. The number of hydrogen-bond donors (Lipinski definition) is 3. The first-order valence-corrected chi connectivity index (χ1v) is 16.8. The lowest BCUT2D eigenvalue weighted by molar-refractivity contribution is -0.159. The van der Waals surface area contributed by atoms with E-state index < -0.39 is 71.9 Å². The van der Waals surface area contributed by atoms with E-state index in [1.165, 1.54) is 23.1 Å². The van der Waals surface area contributed by atoms with Crippen LogP contribution in [0.3, 0.4) is 0 Å². The monoisotopic (exact) mass is 734 g/mol. The van der Waals surface area contributed by atoms with Crippen LogP contribution in [-0.2, 0) is 31.7 Å². The molecule has 16 heteroatoms. The molecule has 1 fully saturated rings. The Morgan fingerprint density at radius 2 is 1.92 bits per heavy atom. The summed E-state index contributed by atoms with van der Waals surface area (Å²) in [7, 11) is 0. The molecule has 12 nitrogen and oxygen atoms in total. The SMILES string of the molecule is CC1=C/C(O)CC(F)Cc2nc(co2)C(=O)N2CCCC2C(=O)OC(C(C)COC(=O)Nc2ccc(C(F)(F)F)cc2)C(C)/C=C\C(=O)NC/C=C\1. The van der Waals surface area contributed by atoms with Crippen molar-refractivity contribution in [1.29, 1.82) is 0 Å². The number of cyclic esters (lactones) is 1. The minimum atomic E-state index is -4.54. The zero-order valence-corrected chi connectivity index (χ0v) is 28.9. The van der Waals surface area contributed by atoms with Crippen molar-refractivity contribution in [2.24, 2.45) is 11.8 Å². The standard InChI is InChI=1S/C36H42F4N4O8/c1-21-6-4-14-41-30(46)13-8-22(2)32(23(3)19-51-35(49)42-26-11-9-24(10-12-26)36(38,39)40)52-34(48)29-7-5-15-44(29)33(47)28-20-50-31(43-28)18-25(37)17-27(45)16-21/h4,6,8-13,16,20,22-23,25,27,29,32,45H,5,7,14-15,17-19H2,1-3H3,(H,41,46)(H,42,49)/b6-4-,13-8-,21-16-. The van der Waals surface area contributed by atoms with Gasteiger partial charge in [0.05, 0.1) is 24.7 Å². The molecule has 1 aromatic heterocycles. The topological polar surface area (TPSA) is 160 Å². The Kier molecular flexibility index (Phi) is 13.8. The molecule has 2 aromatic rings. The van der Waals surface area contributed by atoms with Crippen molar-refractivity contribution < 1.29 is 55.7 Å². The number of aliphatic hydroxyl groups is 1. The summed E-state index contributed by atoms with van der Waals surface area (Å²) in [4.78, 5) is 57.6. The number of nitrogens with one attached hydrogen (secondary N) is 2. The fourth-order valence-electron chi connectivity index (χ4n) is 5.83. The van der Waals surface area contributed by atoms with E-state index in [1.54, 1.807) is 32.9 Å². The first kappa shape index (κ1) is 39.8. The van der Waals surface area contributed by atoms with Crippen LogP contribution in [0.25, 0.3) is 0 Å². The number of oxazole rings is 1. The number of aromatic nitrogens is 1. The van der Waals surface area contributed by atoms with E-state index in [4.69, 9.17) is 13.9 Å². The number of rotatable bonds is 4. The molecule has 2 bridgehead atoms. The first-order valence-electron chi connectivity index (χ1n) is 16.8. The number of benzene rings is 1. The van der Waals surface area contributed by atoms with Crippen LogP contribution in [0, 0.1) is 11.8 Å². The van der Waals surface area contributed by atoms with Crippen LogP contribution in [0.4, 0.5) is 28.0 Å². The number of alkyl halides is 4. The summed E-state index contributed by atoms with van der Waals surface area (Å²) in [6, 6.07) is 2.79. The molecule has 282 valence electrons. The van der Waals surface area contributed by atoms with Crippen molar-refractivity contribution in [3.05, 3.63) is 83.6 Å². The Labute approximate surface area is 297 Å². The number of hydrogen-bond acceptors (Lipinski definition) is 9. The molecule has 6 atom stereocenters. The lowest BCUT2D eigenvalue weighted by atomic mass is 9.93. The molecule has 0 aliphatic carbocycles. The number of allylic oxidation sites excluding steroid dienone is 2. The zero-order valence-electron chi connectivity index (χ0n) is 28.9. The predicted octanol–water partition coefficient (Wildman–Crippen LogP) is 5.55. The van der Waals surface area contributed by atoms with Crippen LogP contribution in [-0.4, -0.2) is 83.0 Å². The third-order valence-corrected chi connectivity index (χ3v) is 8.50. The van der Waals surface area contributed by atoms with Gasteiger partial charge in [0, 0.05) is 37.0 Å². The number of fused-ring (bicyclic) bond motifs is 3. The van der Waals surface area contributed by atoms with E-state index in [1.807, 2.05) is 0 Å². The molecule has 0 radical (unpaired) electrons. The van der Waals surface area contributed by atoms with Crippen molar-refractivity contribution in [3.63, 3.8) is 0 Å². The lowest BCUT2D eigenvalue weighted by Crippen LogP contribution is -2.44. The van der Waals surface area contributed by atoms with Crippen LogP contribution in [0.15, 0.2) is 70.9 Å². The highest BCUT2D eigenvalue weighted by Gasteiger charge is 2.39. The van der Waals surface area contributed by atoms with Gasteiger partial charge in [-0.3, -0.25) is 14.9 Å². The minimum absolute atomic E-state index is 0.0482. The van der Waals surface area contributed by atoms with Gasteiger partial charge in [-0.05, 0) is 50.1 Å². The van der Waals surface area contributed by atoms with E-state index in [0.717, 1.165) is 30.5 Å². The average Bonchev–Trinajstić information content (AvgIpc) is 3.76. The van der Waals surface area contributed by atoms with Crippen molar-refractivity contribution >= 4 is 29.6 Å². The number of ether oxygens (including phenoxy) is 2. The van der Waals surface area contributed by atoms with Gasteiger partial charge in [0.2, 0.25) is 5.91 Å². The number of carbonyl (C=O) groups is 4. The Morgan fingerprint density at radius 3 is 2.63 bits per heavy atom. The highest BCUT2D eigenvalue weighted by atomic mass is 19.4. The van der Waals surface area contributed by atoms with Gasteiger partial charge in [-0.15, -0.1) is 0 Å². The Hall–Kier alpha value is -4.99. The summed E-state index contributed by atoms with van der Waals surface area (Å²) in [5, 5.41) is 15.4. The predicted molar refractivity (Wildman–Crippen MR) is 179 cm³/mol. The van der Waals surface area contributed by atoms with Gasteiger partial charge < -0.3 is 29.2 Å². The van der Waals surface area contributed by atoms with Crippen molar-refractivity contribution in [1.82, 2.24) is 15.2 Å². The maximum absolute atomic E-state index is 14.8. The second kappa shape index (κ2) is 18.0. The molecule has 1 aromatic carbocycles. The third-order valence-electron chi connectivity index (χ3n) is 8.50. The first-order chi connectivity index (χ1) is 24.6. The summed E-state index contributed by atoms with van der Waals surface area (Å²) in [6.45, 7) is 5.10. The average molecular weight is 735 g/mol. The molecule has 52 heavy (non-hydrogen) atoms. The Balaban J connectivity index is 1.52. The minimum Gasteiger partial charge on any atom is -0.460 e. The summed E-state index contributed by atoms with van der Waals surface area (Å²) in [5.74, 6) is -3.13. The molecular weight excluding hydrogens is 692 g/mol. The lowest BCUT2D eigenvalue weighted by Gasteiger charge is -2.30. The Morgan fingerprint density at radius 1 is 1.19 bits per heavy atom. The molecule has 6 unspecified atom stereocenters. The van der Waals surface area contributed by atoms with Crippen LogP contribution in [0.5, 0.6) is 0 Å². The number of halogens is 4. The van der Waals surface area contributed by atoms with Crippen LogP contribution in [0.1, 0.15) is 62.0 Å². The Bertz CT molecular complexity index is 1660. The normalized spacial score (nSPS) is 26.9. The highest BCUT2D eigenvalue weighted by molar-refractivity contribution is 5.95. The van der Waals surface area contributed by atoms with Gasteiger partial charge in [0.25, 0.3) is 5.91 Å². The summed E-state index contributed by atoms with van der Waals surface area (Å²) in [6.07, 6.45) is -0.240. The number of anilines is 1. The molecule has 3 amide bonds. The molecular formula is C36H42F4N4O8. The van der Waals surface area contributed by atoms with Crippen LogP contribution in [0.2, 0.25) is 0 Å². The van der Waals surface area contributed by atoms with E-state index in [9.17, 15) is 41.8 Å². The van der Waals surface area contributed by atoms with Gasteiger partial charge >= 0.3 is 18.2 Å². The van der Waals surface area contributed by atoms with Gasteiger partial charge in [0.1, 0.15) is 24.6 Å². The van der Waals surface area contributed by atoms with Crippen molar-refractivity contribution in [2.75, 3.05) is 25.0 Å². The van der Waals surface area contributed by atoms with E-state index in [-0.39, 0.29) is 56.2 Å². The molecule has 3 heterocycles. The number of amides is 3.